The van der Waals surface area contributed by atoms with Crippen molar-refractivity contribution in [3.8, 4) is 0 Å². The lowest BCUT2D eigenvalue weighted by molar-refractivity contribution is 0.0528. The molecule has 2 N–H and O–H groups in total. The van der Waals surface area contributed by atoms with E-state index in [-0.39, 0.29) is 6.09 Å². The molecule has 0 fully saturated rings. The number of ether oxygens (including phenoxy) is 1. The summed E-state index contributed by atoms with van der Waals surface area (Å²) >= 11 is 0. The Morgan fingerprint density at radius 3 is 2.90 bits per heavy atom. The third-order valence-electron chi connectivity index (χ3n) is 3.51. The van der Waals surface area contributed by atoms with Crippen LogP contribution in [0.4, 0.5) is 4.79 Å². The number of H-pyrrole nitrogens is 1. The standard InChI is InChI=1S/C15H25N3O2/c1-5-10-6-7-11-13(10)18-12(17-11)8-9-16-14(19)20-15(2,3)4/h10H,5-9H2,1-4H3,(H,16,19)(H,17,18). The number of aromatic nitrogens is 2. The number of fused-ring (bicyclic) bond motifs is 1. The van der Waals surface area contributed by atoms with Gasteiger partial charge in [0, 0.05) is 24.6 Å². The zero-order valence-electron chi connectivity index (χ0n) is 12.9. The van der Waals surface area contributed by atoms with Crippen LogP contribution in [-0.4, -0.2) is 28.2 Å². The van der Waals surface area contributed by atoms with Crippen LogP contribution in [0.1, 0.15) is 63.7 Å². The van der Waals surface area contributed by atoms with Gasteiger partial charge >= 0.3 is 6.09 Å². The van der Waals surface area contributed by atoms with Gasteiger partial charge in [0.1, 0.15) is 11.4 Å². The topological polar surface area (TPSA) is 67.0 Å². The van der Waals surface area contributed by atoms with E-state index in [0.717, 1.165) is 18.7 Å². The Kier molecular flexibility index (Phi) is 4.35. The van der Waals surface area contributed by atoms with Gasteiger partial charge in [-0.15, -0.1) is 0 Å². The van der Waals surface area contributed by atoms with Crippen molar-refractivity contribution < 1.29 is 9.53 Å². The Hall–Kier alpha value is -1.52. The summed E-state index contributed by atoms with van der Waals surface area (Å²) in [7, 11) is 0. The first-order chi connectivity index (χ1) is 9.39. The molecule has 0 spiro atoms. The Morgan fingerprint density at radius 2 is 2.25 bits per heavy atom. The Bertz CT molecular complexity index is 474. The van der Waals surface area contributed by atoms with E-state index in [4.69, 9.17) is 4.74 Å². The van der Waals surface area contributed by atoms with E-state index in [1.54, 1.807) is 0 Å². The third kappa shape index (κ3) is 3.74. The molecule has 1 aromatic rings. The van der Waals surface area contributed by atoms with Gasteiger partial charge in [-0.3, -0.25) is 0 Å². The van der Waals surface area contributed by atoms with Gasteiger partial charge in [-0.2, -0.15) is 0 Å². The van der Waals surface area contributed by atoms with Crippen molar-refractivity contribution in [3.05, 3.63) is 17.2 Å². The molecule has 112 valence electrons. The molecule has 5 nitrogen and oxygen atoms in total. The molecule has 0 radical (unpaired) electrons. The average molecular weight is 279 g/mol. The molecule has 0 bridgehead atoms. The summed E-state index contributed by atoms with van der Waals surface area (Å²) in [6.07, 6.45) is 3.79. The van der Waals surface area contributed by atoms with Crippen molar-refractivity contribution in [2.75, 3.05) is 6.54 Å². The van der Waals surface area contributed by atoms with Gasteiger partial charge in [-0.05, 0) is 40.0 Å². The fraction of sp³-hybridized carbons (Fsp3) is 0.733. The van der Waals surface area contributed by atoms with Crippen LogP contribution < -0.4 is 5.32 Å². The highest BCUT2D eigenvalue weighted by atomic mass is 16.6. The van der Waals surface area contributed by atoms with Crippen molar-refractivity contribution in [2.24, 2.45) is 0 Å². The van der Waals surface area contributed by atoms with Crippen LogP contribution in [0.2, 0.25) is 0 Å². The van der Waals surface area contributed by atoms with Crippen molar-refractivity contribution in [2.45, 2.75) is 64.9 Å². The molecule has 1 aliphatic rings. The number of carbonyl (C=O) groups excluding carboxylic acids is 1. The lowest BCUT2D eigenvalue weighted by Gasteiger charge is -2.19. The minimum Gasteiger partial charge on any atom is -0.444 e. The predicted octanol–water partition coefficient (Wildman–Crippen LogP) is 2.92. The highest BCUT2D eigenvalue weighted by molar-refractivity contribution is 5.67. The van der Waals surface area contributed by atoms with Crippen LogP contribution in [0.3, 0.4) is 0 Å². The molecular formula is C15H25N3O2. The quantitative estimate of drug-likeness (QED) is 0.890. The summed E-state index contributed by atoms with van der Waals surface area (Å²) in [4.78, 5) is 19.6. The fourth-order valence-electron chi connectivity index (χ4n) is 2.58. The third-order valence-corrected chi connectivity index (χ3v) is 3.51. The van der Waals surface area contributed by atoms with Gasteiger partial charge in [0.25, 0.3) is 0 Å². The second-order valence-electron chi connectivity index (χ2n) is 6.37. The first kappa shape index (κ1) is 14.9. The van der Waals surface area contributed by atoms with Gasteiger partial charge < -0.3 is 15.0 Å². The molecule has 1 unspecified atom stereocenters. The number of aryl methyl sites for hydroxylation is 1. The number of carbonyl (C=O) groups is 1. The molecule has 1 aliphatic carbocycles. The van der Waals surface area contributed by atoms with Gasteiger partial charge in [-0.25, -0.2) is 9.78 Å². The number of aromatic amines is 1. The molecule has 1 aromatic heterocycles. The predicted molar refractivity (Wildman–Crippen MR) is 77.9 cm³/mol. The summed E-state index contributed by atoms with van der Waals surface area (Å²) in [6.45, 7) is 8.31. The normalized spacial score (nSPS) is 17.9. The van der Waals surface area contributed by atoms with E-state index in [9.17, 15) is 4.79 Å². The zero-order valence-corrected chi connectivity index (χ0v) is 12.9. The maximum Gasteiger partial charge on any atom is 0.407 e. The van der Waals surface area contributed by atoms with Gasteiger partial charge in [0.2, 0.25) is 0 Å². The van der Waals surface area contributed by atoms with Crippen LogP contribution in [0.15, 0.2) is 0 Å². The van der Waals surface area contributed by atoms with Crippen molar-refractivity contribution in [1.82, 2.24) is 15.3 Å². The molecule has 0 aliphatic heterocycles. The number of amides is 1. The number of nitrogens with one attached hydrogen (secondary N) is 2. The highest BCUT2D eigenvalue weighted by Crippen LogP contribution is 2.33. The maximum atomic E-state index is 11.5. The number of hydrogen-bond acceptors (Lipinski definition) is 3. The largest absolute Gasteiger partial charge is 0.444 e. The summed E-state index contributed by atoms with van der Waals surface area (Å²) in [5, 5.41) is 2.76. The van der Waals surface area contributed by atoms with E-state index in [1.807, 2.05) is 20.8 Å². The first-order valence-corrected chi connectivity index (χ1v) is 7.43. The van der Waals surface area contributed by atoms with E-state index in [1.165, 1.54) is 17.8 Å². The van der Waals surface area contributed by atoms with Crippen LogP contribution >= 0.6 is 0 Å². The Balaban J connectivity index is 1.80. The zero-order chi connectivity index (χ0) is 14.8. The maximum absolute atomic E-state index is 11.5. The molecule has 5 heteroatoms. The molecule has 0 saturated heterocycles. The van der Waals surface area contributed by atoms with Gasteiger partial charge in [0.15, 0.2) is 0 Å². The number of alkyl carbamates (subject to hydrolysis) is 1. The molecule has 2 rings (SSSR count). The Labute approximate surface area is 120 Å². The molecule has 1 atom stereocenters. The highest BCUT2D eigenvalue weighted by Gasteiger charge is 2.25. The van der Waals surface area contributed by atoms with Crippen LogP contribution in [0, 0.1) is 0 Å². The molecule has 1 amide bonds. The monoisotopic (exact) mass is 279 g/mol. The smallest absolute Gasteiger partial charge is 0.407 e. The van der Waals surface area contributed by atoms with Crippen LogP contribution in [0.5, 0.6) is 0 Å². The van der Waals surface area contributed by atoms with Crippen LogP contribution in [-0.2, 0) is 17.6 Å². The Morgan fingerprint density at radius 1 is 1.50 bits per heavy atom. The van der Waals surface area contributed by atoms with Gasteiger partial charge in [0.05, 0.1) is 5.69 Å². The van der Waals surface area contributed by atoms with E-state index >= 15 is 0 Å². The molecule has 0 aromatic carbocycles. The lowest BCUT2D eigenvalue weighted by Crippen LogP contribution is -2.33. The lowest BCUT2D eigenvalue weighted by atomic mass is 10.1. The number of nitrogens with zero attached hydrogens (tertiary/aromatic N) is 1. The second kappa shape index (κ2) is 5.85. The van der Waals surface area contributed by atoms with E-state index < -0.39 is 5.60 Å². The fourth-order valence-corrected chi connectivity index (χ4v) is 2.58. The minimum absolute atomic E-state index is 0.372. The van der Waals surface area contributed by atoms with Gasteiger partial charge in [-0.1, -0.05) is 6.92 Å². The first-order valence-electron chi connectivity index (χ1n) is 7.43. The summed E-state index contributed by atoms with van der Waals surface area (Å²) in [6, 6.07) is 0. The summed E-state index contributed by atoms with van der Waals surface area (Å²) in [5.41, 5.74) is 2.06. The molecule has 0 saturated carbocycles. The van der Waals surface area contributed by atoms with Crippen molar-refractivity contribution in [3.63, 3.8) is 0 Å². The molecule has 1 heterocycles. The van der Waals surface area contributed by atoms with Crippen molar-refractivity contribution >= 4 is 6.09 Å². The number of imidazole rings is 1. The minimum atomic E-state index is -0.454. The second-order valence-corrected chi connectivity index (χ2v) is 6.37. The van der Waals surface area contributed by atoms with E-state index in [2.05, 4.69) is 22.2 Å². The molecule has 20 heavy (non-hydrogen) atoms. The molecular weight excluding hydrogens is 254 g/mol. The van der Waals surface area contributed by atoms with E-state index in [0.29, 0.717) is 18.9 Å². The number of rotatable bonds is 4. The van der Waals surface area contributed by atoms with Crippen molar-refractivity contribution in [1.29, 1.82) is 0 Å². The summed E-state index contributed by atoms with van der Waals surface area (Å²) in [5.74, 6) is 1.57. The summed E-state index contributed by atoms with van der Waals surface area (Å²) < 4.78 is 5.19. The average Bonchev–Trinajstić information content (AvgIpc) is 2.85. The SMILES string of the molecule is CCC1CCc2[nH]c(CCNC(=O)OC(C)(C)C)nc21. The van der Waals surface area contributed by atoms with Crippen LogP contribution in [0.25, 0.3) is 0 Å². The number of hydrogen-bond donors (Lipinski definition) is 2.